The third-order valence-electron chi connectivity index (χ3n) is 6.50. The van der Waals surface area contributed by atoms with Gasteiger partial charge in [-0.25, -0.2) is 15.0 Å². The van der Waals surface area contributed by atoms with Gasteiger partial charge in [0.1, 0.15) is 5.82 Å². The molecule has 0 spiro atoms. The Labute approximate surface area is 207 Å². The first-order valence-electron chi connectivity index (χ1n) is 11.8. The molecule has 0 radical (unpaired) electrons. The number of fused-ring (bicyclic) bond motifs is 1. The second-order valence-electron chi connectivity index (χ2n) is 8.75. The Morgan fingerprint density at radius 1 is 0.829 bits per heavy atom. The quantitative estimate of drug-likeness (QED) is 0.449. The highest BCUT2D eigenvalue weighted by Crippen LogP contribution is 2.38. The molecule has 1 N–H and O–H groups in total. The Hall–Kier alpha value is -3.85. The molecule has 176 valence electrons. The van der Waals surface area contributed by atoms with Crippen LogP contribution in [0, 0.1) is 0 Å². The van der Waals surface area contributed by atoms with Gasteiger partial charge in [-0.1, -0.05) is 24.3 Å². The monoisotopic (exact) mass is 483 g/mol. The van der Waals surface area contributed by atoms with Gasteiger partial charge in [0.15, 0.2) is 5.78 Å². The average Bonchev–Trinajstić information content (AvgIpc) is 3.45. The summed E-state index contributed by atoms with van der Waals surface area (Å²) in [6, 6.07) is 15.9. The molecule has 2 aliphatic rings. The summed E-state index contributed by atoms with van der Waals surface area (Å²) >= 11 is 1.70. The van der Waals surface area contributed by atoms with E-state index >= 15 is 0 Å². The minimum Gasteiger partial charge on any atom is -0.339 e. The summed E-state index contributed by atoms with van der Waals surface area (Å²) in [7, 11) is 0. The fourth-order valence-corrected chi connectivity index (χ4v) is 5.57. The molecule has 1 unspecified atom stereocenters. The molecule has 6 rings (SSSR count). The minimum atomic E-state index is 0.0978. The highest BCUT2D eigenvalue weighted by Gasteiger charge is 2.33. The molecule has 1 aromatic carbocycles. The first kappa shape index (κ1) is 21.7. The number of rotatable bonds is 5. The van der Waals surface area contributed by atoms with Gasteiger partial charge >= 0.3 is 0 Å². The smallest absolute Gasteiger partial charge is 0.227 e. The zero-order valence-corrected chi connectivity index (χ0v) is 20.0. The van der Waals surface area contributed by atoms with E-state index in [4.69, 9.17) is 9.97 Å². The third-order valence-corrected chi connectivity index (χ3v) is 7.54. The lowest BCUT2D eigenvalue weighted by Gasteiger charge is -2.35. The molecule has 1 aliphatic carbocycles. The normalized spacial score (nSPS) is 17.8. The lowest BCUT2D eigenvalue weighted by molar-refractivity contribution is 0.0964. The second-order valence-corrected chi connectivity index (χ2v) is 9.73. The van der Waals surface area contributed by atoms with E-state index in [1.54, 1.807) is 23.7 Å². The molecular weight excluding hydrogens is 458 g/mol. The van der Waals surface area contributed by atoms with Gasteiger partial charge < -0.3 is 15.1 Å². The van der Waals surface area contributed by atoms with Crippen LogP contribution in [0.25, 0.3) is 0 Å². The molecule has 9 heteroatoms. The van der Waals surface area contributed by atoms with Crippen molar-refractivity contribution in [3.8, 4) is 0 Å². The number of piperazine rings is 1. The van der Waals surface area contributed by atoms with Crippen LogP contribution in [0.5, 0.6) is 0 Å². The summed E-state index contributed by atoms with van der Waals surface area (Å²) in [6.45, 7) is 3.07. The first-order valence-corrected chi connectivity index (χ1v) is 12.7. The fourth-order valence-electron chi connectivity index (χ4n) is 4.74. The number of anilines is 4. The van der Waals surface area contributed by atoms with Gasteiger partial charge in [0, 0.05) is 61.5 Å². The van der Waals surface area contributed by atoms with Crippen LogP contribution in [0.2, 0.25) is 0 Å². The maximum Gasteiger partial charge on any atom is 0.227 e. The standard InChI is InChI=1S/C26H25N7OS/c34-21-17-18(22-8-4-15-35-22)16-20-23(21)24(29-19-6-2-1-3-7-19)31-26(30-20)33-13-11-32(12-14-33)25-27-9-5-10-28-25/h1-10,15,18H,11-14,16-17H2,(H,29,30,31). The van der Waals surface area contributed by atoms with E-state index in [1.807, 2.05) is 42.5 Å². The van der Waals surface area contributed by atoms with E-state index in [-0.39, 0.29) is 11.7 Å². The molecule has 1 aliphatic heterocycles. The minimum absolute atomic E-state index is 0.0978. The van der Waals surface area contributed by atoms with Crippen molar-refractivity contribution in [1.29, 1.82) is 0 Å². The predicted molar refractivity (Wildman–Crippen MR) is 138 cm³/mol. The Morgan fingerprint density at radius 2 is 1.57 bits per heavy atom. The summed E-state index contributed by atoms with van der Waals surface area (Å²) < 4.78 is 0. The van der Waals surface area contributed by atoms with Crippen molar-refractivity contribution in [3.63, 3.8) is 0 Å². The zero-order valence-electron chi connectivity index (χ0n) is 19.2. The van der Waals surface area contributed by atoms with E-state index in [1.165, 1.54) is 4.88 Å². The highest BCUT2D eigenvalue weighted by atomic mass is 32.1. The summed E-state index contributed by atoms with van der Waals surface area (Å²) in [5.41, 5.74) is 2.36. The highest BCUT2D eigenvalue weighted by molar-refractivity contribution is 7.10. The lowest BCUT2D eigenvalue weighted by atomic mass is 9.85. The molecule has 0 amide bonds. The Kier molecular flexibility index (Phi) is 5.83. The van der Waals surface area contributed by atoms with E-state index in [9.17, 15) is 4.79 Å². The number of thiophene rings is 1. The van der Waals surface area contributed by atoms with Crippen LogP contribution >= 0.6 is 11.3 Å². The topological polar surface area (TPSA) is 87.1 Å². The summed E-state index contributed by atoms with van der Waals surface area (Å²) in [5.74, 6) is 2.26. The van der Waals surface area contributed by atoms with Crippen molar-refractivity contribution in [2.24, 2.45) is 0 Å². The Morgan fingerprint density at radius 3 is 2.29 bits per heavy atom. The number of nitrogens with zero attached hydrogens (tertiary/aromatic N) is 6. The van der Waals surface area contributed by atoms with E-state index in [0.29, 0.717) is 23.8 Å². The van der Waals surface area contributed by atoms with Crippen molar-refractivity contribution in [2.75, 3.05) is 41.3 Å². The number of hydrogen-bond acceptors (Lipinski definition) is 9. The maximum atomic E-state index is 13.3. The molecule has 1 atom stereocenters. The van der Waals surface area contributed by atoms with Crippen LogP contribution in [0.15, 0.2) is 66.3 Å². The summed E-state index contributed by atoms with van der Waals surface area (Å²) in [5, 5.41) is 5.47. The van der Waals surface area contributed by atoms with Crippen molar-refractivity contribution in [2.45, 2.75) is 18.8 Å². The van der Waals surface area contributed by atoms with Gasteiger partial charge in [0.25, 0.3) is 0 Å². The summed E-state index contributed by atoms with van der Waals surface area (Å²) in [6.07, 6.45) is 4.75. The maximum absolute atomic E-state index is 13.3. The number of ketones is 1. The fraction of sp³-hybridized carbons (Fsp3) is 0.269. The van der Waals surface area contributed by atoms with Crippen molar-refractivity contribution < 1.29 is 4.79 Å². The molecule has 1 fully saturated rings. The third kappa shape index (κ3) is 4.46. The van der Waals surface area contributed by atoms with Crippen LogP contribution in [-0.4, -0.2) is 51.9 Å². The molecular formula is C26H25N7OS. The average molecular weight is 484 g/mol. The molecule has 4 aromatic rings. The number of carbonyl (C=O) groups excluding carboxylic acids is 1. The van der Waals surface area contributed by atoms with E-state index < -0.39 is 0 Å². The lowest BCUT2D eigenvalue weighted by Crippen LogP contribution is -2.47. The molecule has 8 nitrogen and oxygen atoms in total. The zero-order chi connectivity index (χ0) is 23.6. The number of nitrogens with one attached hydrogen (secondary N) is 1. The van der Waals surface area contributed by atoms with Crippen LogP contribution in [0.4, 0.5) is 23.4 Å². The largest absolute Gasteiger partial charge is 0.339 e. The summed E-state index contributed by atoms with van der Waals surface area (Å²) in [4.78, 5) is 37.5. The number of carbonyl (C=O) groups is 1. The number of hydrogen-bond donors (Lipinski definition) is 1. The van der Waals surface area contributed by atoms with E-state index in [0.717, 1.165) is 49.9 Å². The molecule has 35 heavy (non-hydrogen) atoms. The van der Waals surface area contributed by atoms with Gasteiger partial charge in [-0.3, -0.25) is 4.79 Å². The van der Waals surface area contributed by atoms with Crippen LogP contribution < -0.4 is 15.1 Å². The molecule has 0 saturated carbocycles. The van der Waals surface area contributed by atoms with Gasteiger partial charge in [-0.05, 0) is 36.1 Å². The van der Waals surface area contributed by atoms with Gasteiger partial charge in [0.2, 0.25) is 11.9 Å². The second kappa shape index (κ2) is 9.42. The molecule has 4 heterocycles. The molecule has 3 aromatic heterocycles. The Bertz CT molecular complexity index is 1310. The van der Waals surface area contributed by atoms with Crippen molar-refractivity contribution in [3.05, 3.63) is 82.4 Å². The SMILES string of the molecule is O=C1CC(c2cccs2)Cc2nc(N3CCN(c4ncccn4)CC3)nc(Nc3ccccc3)c21. The van der Waals surface area contributed by atoms with Crippen LogP contribution in [-0.2, 0) is 6.42 Å². The number of para-hydroxylation sites is 1. The number of benzene rings is 1. The number of aromatic nitrogens is 4. The van der Waals surface area contributed by atoms with Gasteiger partial charge in [0.05, 0.1) is 11.3 Å². The molecule has 0 bridgehead atoms. The van der Waals surface area contributed by atoms with E-state index in [2.05, 4.69) is 36.5 Å². The Balaban J connectivity index is 1.32. The predicted octanol–water partition coefficient (Wildman–Crippen LogP) is 4.31. The van der Waals surface area contributed by atoms with Gasteiger partial charge in [-0.15, -0.1) is 11.3 Å². The van der Waals surface area contributed by atoms with Crippen LogP contribution in [0.1, 0.15) is 33.3 Å². The first-order chi connectivity index (χ1) is 17.2. The van der Waals surface area contributed by atoms with Crippen molar-refractivity contribution in [1.82, 2.24) is 19.9 Å². The van der Waals surface area contributed by atoms with Gasteiger partial charge in [-0.2, -0.15) is 4.98 Å². The van der Waals surface area contributed by atoms with Crippen LogP contribution in [0.3, 0.4) is 0 Å². The number of Topliss-reactive ketones (excluding diaryl/α,β-unsaturated/α-hetero) is 1. The molecule has 1 saturated heterocycles. The van der Waals surface area contributed by atoms with Crippen molar-refractivity contribution >= 4 is 40.5 Å².